The van der Waals surface area contributed by atoms with Crippen LogP contribution >= 0.6 is 0 Å². The number of pyridine rings is 1. The molecule has 34 heavy (non-hydrogen) atoms. The Labute approximate surface area is 198 Å². The van der Waals surface area contributed by atoms with Crippen molar-refractivity contribution in [2.75, 3.05) is 12.3 Å². The molecular weight excluding hydrogens is 450 g/mol. The smallest absolute Gasteiger partial charge is 0.275 e. The first kappa shape index (κ1) is 22.3. The number of hydrogen-bond acceptors (Lipinski definition) is 5. The molecule has 1 fully saturated rings. The lowest BCUT2D eigenvalue weighted by molar-refractivity contribution is 0.301. The maximum Gasteiger partial charge on any atom is 0.275 e. The number of nitrogen functional groups attached to an aromatic ring is 1. The first-order valence-electron chi connectivity index (χ1n) is 11.2. The molecule has 4 aromatic rings. The summed E-state index contributed by atoms with van der Waals surface area (Å²) in [5.41, 5.74) is 9.78. The lowest BCUT2D eigenvalue weighted by Gasteiger charge is -2.17. The van der Waals surface area contributed by atoms with E-state index in [2.05, 4.69) is 0 Å². The van der Waals surface area contributed by atoms with Crippen LogP contribution in [0, 0.1) is 19.8 Å². The van der Waals surface area contributed by atoms with Gasteiger partial charge in [-0.25, -0.2) is 12.4 Å². The zero-order valence-electron chi connectivity index (χ0n) is 19.4. The molecule has 0 atom stereocenters. The van der Waals surface area contributed by atoms with Crippen LogP contribution in [0.3, 0.4) is 0 Å². The van der Waals surface area contributed by atoms with Crippen LogP contribution in [0.4, 0.5) is 5.69 Å². The van der Waals surface area contributed by atoms with Crippen LogP contribution in [-0.2, 0) is 17.1 Å². The van der Waals surface area contributed by atoms with Crippen LogP contribution in [0.5, 0.6) is 5.75 Å². The molecule has 8 heteroatoms. The normalized spacial score (nSPS) is 14.0. The van der Waals surface area contributed by atoms with Crippen molar-refractivity contribution in [2.45, 2.75) is 31.6 Å². The second kappa shape index (κ2) is 8.06. The van der Waals surface area contributed by atoms with E-state index < -0.39 is 15.6 Å². The van der Waals surface area contributed by atoms with Crippen molar-refractivity contribution in [1.29, 1.82) is 0 Å². The summed E-state index contributed by atoms with van der Waals surface area (Å²) in [6, 6.07) is 11.9. The third kappa shape index (κ3) is 3.68. The van der Waals surface area contributed by atoms with E-state index in [0.29, 0.717) is 34.9 Å². The Morgan fingerprint density at radius 1 is 1.06 bits per heavy atom. The quantitative estimate of drug-likeness (QED) is 0.419. The van der Waals surface area contributed by atoms with Crippen molar-refractivity contribution >= 4 is 26.6 Å². The highest BCUT2D eigenvalue weighted by Crippen LogP contribution is 2.41. The second-order valence-electron chi connectivity index (χ2n) is 9.06. The zero-order valence-corrected chi connectivity index (χ0v) is 20.2. The minimum absolute atomic E-state index is 0.0931. The van der Waals surface area contributed by atoms with E-state index in [9.17, 15) is 13.2 Å². The molecule has 2 aromatic heterocycles. The van der Waals surface area contributed by atoms with Crippen molar-refractivity contribution in [2.24, 2.45) is 13.0 Å². The summed E-state index contributed by atoms with van der Waals surface area (Å²) in [4.78, 5) is 13.3. The van der Waals surface area contributed by atoms with Gasteiger partial charge in [0.1, 0.15) is 11.3 Å². The molecule has 2 N–H and O–H groups in total. The summed E-state index contributed by atoms with van der Waals surface area (Å²) >= 11 is 0. The molecule has 0 spiro atoms. The van der Waals surface area contributed by atoms with Gasteiger partial charge in [0.15, 0.2) is 0 Å². The molecule has 176 valence electrons. The van der Waals surface area contributed by atoms with E-state index in [1.165, 1.54) is 10.8 Å². The number of hydrogen-bond donors (Lipinski definition) is 1. The predicted octanol–water partition coefficient (Wildman–Crippen LogP) is 4.23. The second-order valence-corrected chi connectivity index (χ2v) is 10.9. The monoisotopic (exact) mass is 477 g/mol. The third-order valence-corrected chi connectivity index (χ3v) is 8.17. The minimum Gasteiger partial charge on any atom is -0.493 e. The maximum atomic E-state index is 13.5. The molecule has 2 aromatic carbocycles. The Balaban J connectivity index is 1.75. The molecule has 7 nitrogen and oxygen atoms in total. The topological polar surface area (TPSA) is 96.3 Å². The van der Waals surface area contributed by atoms with Gasteiger partial charge < -0.3 is 15.0 Å². The summed E-state index contributed by atoms with van der Waals surface area (Å²) in [6.07, 6.45) is 5.48. The fourth-order valence-corrected chi connectivity index (χ4v) is 5.55. The minimum atomic E-state index is -3.97. The van der Waals surface area contributed by atoms with Crippen LogP contribution in [-0.4, -0.2) is 23.6 Å². The maximum absolute atomic E-state index is 13.5. The summed E-state index contributed by atoms with van der Waals surface area (Å²) in [5.74, 6) is 1.24. The van der Waals surface area contributed by atoms with Gasteiger partial charge >= 0.3 is 0 Å². The first-order chi connectivity index (χ1) is 16.2. The van der Waals surface area contributed by atoms with Crippen LogP contribution in [0.1, 0.15) is 24.0 Å². The molecule has 0 saturated heterocycles. The number of rotatable bonds is 6. The van der Waals surface area contributed by atoms with Crippen LogP contribution in [0.15, 0.2) is 64.5 Å². The molecule has 1 saturated carbocycles. The van der Waals surface area contributed by atoms with Gasteiger partial charge in [0.05, 0.1) is 11.5 Å². The van der Waals surface area contributed by atoms with E-state index in [1.54, 1.807) is 43.6 Å². The molecule has 1 aliphatic carbocycles. The van der Waals surface area contributed by atoms with Crippen LogP contribution in [0.25, 0.3) is 22.0 Å². The molecule has 0 aliphatic heterocycles. The molecule has 0 amide bonds. The number of ether oxygens (including phenoxy) is 1. The zero-order chi connectivity index (χ0) is 24.2. The van der Waals surface area contributed by atoms with Crippen LogP contribution < -0.4 is 16.0 Å². The first-order valence-corrected chi connectivity index (χ1v) is 12.7. The van der Waals surface area contributed by atoms with E-state index >= 15 is 0 Å². The van der Waals surface area contributed by atoms with Gasteiger partial charge in [0.25, 0.3) is 15.6 Å². The fraction of sp³-hybridized carbons (Fsp3) is 0.269. The van der Waals surface area contributed by atoms with Crippen molar-refractivity contribution in [1.82, 2.24) is 8.54 Å². The molecular formula is C26H27N3O4S. The Hall–Kier alpha value is -3.52. The summed E-state index contributed by atoms with van der Waals surface area (Å²) in [5, 5.41) is 0.531. The number of anilines is 1. The largest absolute Gasteiger partial charge is 0.493 e. The summed E-state index contributed by atoms with van der Waals surface area (Å²) in [7, 11) is -2.35. The van der Waals surface area contributed by atoms with Gasteiger partial charge in [-0.15, -0.1) is 0 Å². The van der Waals surface area contributed by atoms with E-state index in [4.69, 9.17) is 10.5 Å². The van der Waals surface area contributed by atoms with Crippen LogP contribution in [0.2, 0.25) is 0 Å². The van der Waals surface area contributed by atoms with Crippen molar-refractivity contribution in [3.05, 3.63) is 76.3 Å². The third-order valence-electron chi connectivity index (χ3n) is 6.48. The summed E-state index contributed by atoms with van der Waals surface area (Å²) in [6.45, 7) is 4.42. The lowest BCUT2D eigenvalue weighted by Crippen LogP contribution is -2.22. The fourth-order valence-electron chi connectivity index (χ4n) is 4.20. The lowest BCUT2D eigenvalue weighted by atomic mass is 9.97. The Morgan fingerprint density at radius 2 is 1.76 bits per heavy atom. The Bertz CT molecular complexity index is 1580. The number of benzene rings is 2. The van der Waals surface area contributed by atoms with Gasteiger partial charge in [0.2, 0.25) is 0 Å². The molecule has 0 bridgehead atoms. The number of aromatic nitrogens is 2. The molecule has 0 radical (unpaired) electrons. The molecule has 0 unspecified atom stereocenters. The molecule has 5 rings (SSSR count). The number of aryl methyl sites for hydroxylation is 2. The SMILES string of the molecule is Cc1ccc(S(=O)(=O)n2ccc3c(-c4c(OCC5CC5)ccc(N)c4C)cn(C)c(=O)c32)cc1. The van der Waals surface area contributed by atoms with E-state index in [0.717, 1.165) is 33.5 Å². The number of nitrogens with zero attached hydrogens (tertiary/aromatic N) is 2. The average Bonchev–Trinajstić information content (AvgIpc) is 3.52. The van der Waals surface area contributed by atoms with Gasteiger partial charge in [-0.2, -0.15) is 0 Å². The van der Waals surface area contributed by atoms with Gasteiger partial charge in [-0.3, -0.25) is 4.79 Å². The van der Waals surface area contributed by atoms with E-state index in [-0.39, 0.29) is 10.4 Å². The van der Waals surface area contributed by atoms with Gasteiger partial charge in [-0.1, -0.05) is 17.7 Å². The predicted molar refractivity (Wildman–Crippen MR) is 134 cm³/mol. The van der Waals surface area contributed by atoms with E-state index in [1.807, 2.05) is 26.0 Å². The standard InChI is InChI=1S/C26H27N3O4S/c1-16-4-8-19(9-5-16)34(31,32)29-13-12-20-21(14-28(3)26(30)25(20)29)24-17(2)22(27)10-11-23(24)33-15-18-6-7-18/h4-5,8-14,18H,6-7,15,27H2,1-3H3. The van der Waals surface area contributed by atoms with Crippen molar-refractivity contribution in [3.63, 3.8) is 0 Å². The Kier molecular flexibility index (Phi) is 5.28. The average molecular weight is 478 g/mol. The van der Waals surface area contributed by atoms with Gasteiger partial charge in [0, 0.05) is 41.6 Å². The number of nitrogens with two attached hydrogens (primary N) is 1. The summed E-state index contributed by atoms with van der Waals surface area (Å²) < 4.78 is 35.6. The van der Waals surface area contributed by atoms with Crippen molar-refractivity contribution in [3.8, 4) is 16.9 Å². The van der Waals surface area contributed by atoms with Crippen molar-refractivity contribution < 1.29 is 13.2 Å². The molecule has 1 aliphatic rings. The van der Waals surface area contributed by atoms with Gasteiger partial charge in [-0.05, 0) is 68.5 Å². The highest BCUT2D eigenvalue weighted by molar-refractivity contribution is 7.90. The highest BCUT2D eigenvalue weighted by atomic mass is 32.2. The highest BCUT2D eigenvalue weighted by Gasteiger charge is 2.26. The number of fused-ring (bicyclic) bond motifs is 1. The molecule has 2 heterocycles. The Morgan fingerprint density at radius 3 is 2.44 bits per heavy atom.